The Bertz CT molecular complexity index is 545. The summed E-state index contributed by atoms with van der Waals surface area (Å²) in [6, 6.07) is 4.30. The maximum Gasteiger partial charge on any atom is 0.340 e. The molecule has 0 amide bonds. The number of hydrogen-bond donors (Lipinski definition) is 1. The van der Waals surface area contributed by atoms with Crippen LogP contribution in [0.2, 0.25) is 0 Å². The Kier molecular flexibility index (Phi) is 2.64. The quantitative estimate of drug-likeness (QED) is 0.792. The number of rotatable bonds is 2. The summed E-state index contributed by atoms with van der Waals surface area (Å²) >= 11 is 0. The lowest BCUT2D eigenvalue weighted by molar-refractivity contribution is 0.0528. The van der Waals surface area contributed by atoms with E-state index in [2.05, 4.69) is 4.98 Å². The average molecular weight is 221 g/mol. The third-order valence-electron chi connectivity index (χ3n) is 2.43. The van der Waals surface area contributed by atoms with Gasteiger partial charge in [0.05, 0.1) is 12.2 Å². The van der Waals surface area contributed by atoms with E-state index in [0.29, 0.717) is 23.3 Å². The van der Waals surface area contributed by atoms with Crippen LogP contribution < -0.4 is 0 Å². The number of ether oxygens (including phenoxy) is 1. The summed E-state index contributed by atoms with van der Waals surface area (Å²) in [7, 11) is 0. The predicted octanol–water partition coefficient (Wildman–Crippen LogP) is 2.79. The highest BCUT2D eigenvalue weighted by Crippen LogP contribution is 2.23. The molecule has 0 aliphatic carbocycles. The van der Waals surface area contributed by atoms with E-state index in [1.165, 1.54) is 12.1 Å². The number of nitrogens with one attached hydrogen (secondary N) is 1. The second-order valence-corrected chi connectivity index (χ2v) is 3.54. The minimum atomic E-state index is -0.420. The summed E-state index contributed by atoms with van der Waals surface area (Å²) in [6.07, 6.45) is 0. The second kappa shape index (κ2) is 3.96. The van der Waals surface area contributed by atoms with Crippen LogP contribution in [0.5, 0.6) is 0 Å². The van der Waals surface area contributed by atoms with Crippen molar-refractivity contribution in [3.05, 3.63) is 35.3 Å². The molecule has 0 radical (unpaired) electrons. The SMILES string of the molecule is CCOC(=O)c1c(C)[nH]c2ccc(F)cc12. The van der Waals surface area contributed by atoms with Crippen LogP contribution in [-0.4, -0.2) is 17.6 Å². The van der Waals surface area contributed by atoms with Crippen LogP contribution >= 0.6 is 0 Å². The molecule has 1 aromatic carbocycles. The molecule has 4 heteroatoms. The highest BCUT2D eigenvalue weighted by atomic mass is 19.1. The van der Waals surface area contributed by atoms with E-state index in [0.717, 1.165) is 5.52 Å². The van der Waals surface area contributed by atoms with E-state index in [-0.39, 0.29) is 5.82 Å². The highest BCUT2D eigenvalue weighted by Gasteiger charge is 2.17. The topological polar surface area (TPSA) is 42.1 Å². The van der Waals surface area contributed by atoms with Crippen molar-refractivity contribution < 1.29 is 13.9 Å². The molecular formula is C12H12FNO2. The summed E-state index contributed by atoms with van der Waals surface area (Å²) in [4.78, 5) is 14.7. The zero-order valence-corrected chi connectivity index (χ0v) is 9.13. The van der Waals surface area contributed by atoms with Gasteiger partial charge in [-0.15, -0.1) is 0 Å². The van der Waals surface area contributed by atoms with Gasteiger partial charge < -0.3 is 9.72 Å². The van der Waals surface area contributed by atoms with Crippen molar-refractivity contribution in [3.8, 4) is 0 Å². The zero-order valence-electron chi connectivity index (χ0n) is 9.13. The van der Waals surface area contributed by atoms with Crippen LogP contribution in [0, 0.1) is 12.7 Å². The fraction of sp³-hybridized carbons (Fsp3) is 0.250. The van der Waals surface area contributed by atoms with E-state index in [4.69, 9.17) is 4.74 Å². The number of fused-ring (bicyclic) bond motifs is 1. The van der Waals surface area contributed by atoms with Crippen molar-refractivity contribution in [1.82, 2.24) is 4.98 Å². The normalized spacial score (nSPS) is 10.7. The van der Waals surface area contributed by atoms with Crippen molar-refractivity contribution in [1.29, 1.82) is 0 Å². The van der Waals surface area contributed by atoms with E-state index in [1.807, 2.05) is 0 Å². The maximum atomic E-state index is 13.1. The minimum absolute atomic E-state index is 0.306. The smallest absolute Gasteiger partial charge is 0.340 e. The number of aromatic nitrogens is 1. The van der Waals surface area contributed by atoms with E-state index in [9.17, 15) is 9.18 Å². The van der Waals surface area contributed by atoms with Gasteiger partial charge in [-0.2, -0.15) is 0 Å². The molecule has 1 aromatic heterocycles. The van der Waals surface area contributed by atoms with Crippen LogP contribution in [0.4, 0.5) is 4.39 Å². The molecule has 0 fully saturated rings. The number of aryl methyl sites for hydroxylation is 1. The van der Waals surface area contributed by atoms with Crippen LogP contribution in [0.15, 0.2) is 18.2 Å². The lowest BCUT2D eigenvalue weighted by atomic mass is 10.1. The van der Waals surface area contributed by atoms with E-state index >= 15 is 0 Å². The molecule has 1 N–H and O–H groups in total. The first kappa shape index (κ1) is 10.7. The fourth-order valence-electron chi connectivity index (χ4n) is 1.77. The van der Waals surface area contributed by atoms with Gasteiger partial charge >= 0.3 is 5.97 Å². The number of esters is 1. The first-order valence-electron chi connectivity index (χ1n) is 5.08. The van der Waals surface area contributed by atoms with Gasteiger partial charge in [-0.3, -0.25) is 0 Å². The van der Waals surface area contributed by atoms with Gasteiger partial charge in [-0.05, 0) is 32.0 Å². The molecule has 0 spiro atoms. The molecule has 16 heavy (non-hydrogen) atoms. The highest BCUT2D eigenvalue weighted by molar-refractivity contribution is 6.05. The largest absolute Gasteiger partial charge is 0.462 e. The summed E-state index contributed by atoms with van der Waals surface area (Å²) < 4.78 is 18.0. The fourth-order valence-corrected chi connectivity index (χ4v) is 1.77. The van der Waals surface area contributed by atoms with Crippen molar-refractivity contribution in [2.24, 2.45) is 0 Å². The van der Waals surface area contributed by atoms with Gasteiger partial charge in [-0.1, -0.05) is 0 Å². The molecule has 0 bridgehead atoms. The Morgan fingerprint density at radius 3 is 2.94 bits per heavy atom. The lowest BCUT2D eigenvalue weighted by Crippen LogP contribution is -2.05. The minimum Gasteiger partial charge on any atom is -0.462 e. The molecular weight excluding hydrogens is 209 g/mol. The number of aromatic amines is 1. The van der Waals surface area contributed by atoms with Crippen LogP contribution in [0.3, 0.4) is 0 Å². The third-order valence-corrected chi connectivity index (χ3v) is 2.43. The van der Waals surface area contributed by atoms with Gasteiger partial charge in [0.2, 0.25) is 0 Å². The Morgan fingerprint density at radius 1 is 1.50 bits per heavy atom. The average Bonchev–Trinajstić information content (AvgIpc) is 2.53. The van der Waals surface area contributed by atoms with Gasteiger partial charge in [-0.25, -0.2) is 9.18 Å². The zero-order chi connectivity index (χ0) is 11.7. The van der Waals surface area contributed by atoms with E-state index in [1.54, 1.807) is 19.9 Å². The molecule has 0 aliphatic heterocycles. The van der Waals surface area contributed by atoms with Gasteiger partial charge in [0.25, 0.3) is 0 Å². The summed E-state index contributed by atoms with van der Waals surface area (Å²) in [5.41, 5.74) is 1.84. The number of carbonyl (C=O) groups excluding carboxylic acids is 1. The van der Waals surface area contributed by atoms with Crippen LogP contribution in [0.25, 0.3) is 10.9 Å². The number of carbonyl (C=O) groups is 1. The summed E-state index contributed by atoms with van der Waals surface area (Å²) in [5.74, 6) is -0.783. The monoisotopic (exact) mass is 221 g/mol. The number of benzene rings is 1. The van der Waals surface area contributed by atoms with Crippen molar-refractivity contribution in [3.63, 3.8) is 0 Å². The molecule has 2 aromatic rings. The van der Waals surface area contributed by atoms with Crippen molar-refractivity contribution in [2.45, 2.75) is 13.8 Å². The van der Waals surface area contributed by atoms with Gasteiger partial charge in [0, 0.05) is 16.6 Å². The third kappa shape index (κ3) is 1.66. The Balaban J connectivity index is 2.62. The Hall–Kier alpha value is -1.84. The first-order chi connectivity index (χ1) is 7.63. The van der Waals surface area contributed by atoms with Crippen molar-refractivity contribution in [2.75, 3.05) is 6.61 Å². The Morgan fingerprint density at radius 2 is 2.25 bits per heavy atom. The van der Waals surface area contributed by atoms with Crippen LogP contribution in [-0.2, 0) is 4.74 Å². The number of halogens is 1. The molecule has 1 heterocycles. The number of H-pyrrole nitrogens is 1. The molecule has 84 valence electrons. The first-order valence-corrected chi connectivity index (χ1v) is 5.08. The molecule has 2 rings (SSSR count). The van der Waals surface area contributed by atoms with E-state index < -0.39 is 5.97 Å². The molecule has 0 saturated heterocycles. The van der Waals surface area contributed by atoms with Crippen LogP contribution in [0.1, 0.15) is 23.0 Å². The molecule has 0 saturated carbocycles. The lowest BCUT2D eigenvalue weighted by Gasteiger charge is -2.01. The summed E-state index contributed by atoms with van der Waals surface area (Å²) in [5, 5.41) is 0.566. The molecule has 0 atom stereocenters. The predicted molar refractivity (Wildman–Crippen MR) is 59.0 cm³/mol. The second-order valence-electron chi connectivity index (χ2n) is 3.54. The maximum absolute atomic E-state index is 13.1. The summed E-state index contributed by atoms with van der Waals surface area (Å²) in [6.45, 7) is 3.81. The molecule has 3 nitrogen and oxygen atoms in total. The standard InChI is InChI=1S/C12H12FNO2/c1-3-16-12(15)11-7(2)14-10-5-4-8(13)6-9(10)11/h4-6,14H,3H2,1-2H3. The van der Waals surface area contributed by atoms with Gasteiger partial charge in [0.15, 0.2) is 0 Å². The van der Waals surface area contributed by atoms with Crippen molar-refractivity contribution >= 4 is 16.9 Å². The number of hydrogen-bond acceptors (Lipinski definition) is 2. The Labute approximate surface area is 92.2 Å². The molecule has 0 unspecified atom stereocenters. The van der Waals surface area contributed by atoms with Gasteiger partial charge in [0.1, 0.15) is 5.82 Å². The molecule has 0 aliphatic rings.